The molecule has 20 heavy (non-hydrogen) atoms. The highest BCUT2D eigenvalue weighted by molar-refractivity contribution is 7.99. The number of hydrogen-bond donors (Lipinski definition) is 2. The molecule has 3 rings (SSSR count). The van der Waals surface area contributed by atoms with Gasteiger partial charge in [-0.25, -0.2) is 0 Å². The van der Waals surface area contributed by atoms with Crippen LogP contribution in [0.15, 0.2) is 0 Å². The highest BCUT2D eigenvalue weighted by atomic mass is 32.2. The number of ether oxygens (including phenoxy) is 1. The van der Waals surface area contributed by atoms with Gasteiger partial charge in [0, 0.05) is 18.4 Å². The van der Waals surface area contributed by atoms with E-state index in [1.807, 2.05) is 0 Å². The van der Waals surface area contributed by atoms with E-state index in [0.29, 0.717) is 12.0 Å². The Kier molecular flexibility index (Phi) is 5.29. The van der Waals surface area contributed by atoms with Crippen LogP contribution in [0.4, 0.5) is 0 Å². The van der Waals surface area contributed by atoms with Crippen LogP contribution in [-0.2, 0) is 4.74 Å². The zero-order valence-corrected chi connectivity index (χ0v) is 13.4. The molecule has 0 radical (unpaired) electrons. The van der Waals surface area contributed by atoms with Crippen molar-refractivity contribution >= 4 is 11.8 Å². The molecule has 3 atom stereocenters. The minimum Gasteiger partial charge on any atom is -0.374 e. The molecule has 0 amide bonds. The van der Waals surface area contributed by atoms with Gasteiger partial charge in [0.15, 0.2) is 0 Å². The molecule has 2 saturated heterocycles. The van der Waals surface area contributed by atoms with Crippen molar-refractivity contribution in [3.63, 3.8) is 0 Å². The summed E-state index contributed by atoms with van der Waals surface area (Å²) in [5.74, 6) is 10.0. The van der Waals surface area contributed by atoms with E-state index < -0.39 is 0 Å². The molecule has 3 fully saturated rings. The van der Waals surface area contributed by atoms with Crippen molar-refractivity contribution in [1.29, 1.82) is 0 Å². The topological polar surface area (TPSA) is 47.3 Å². The van der Waals surface area contributed by atoms with Gasteiger partial charge in [-0.15, -0.1) is 0 Å². The highest BCUT2D eigenvalue weighted by Gasteiger charge is 2.42. The average molecular weight is 298 g/mol. The molecule has 3 unspecified atom stereocenters. The van der Waals surface area contributed by atoms with E-state index >= 15 is 0 Å². The first-order valence-electron chi connectivity index (χ1n) is 8.49. The Morgan fingerprint density at radius 1 is 1.30 bits per heavy atom. The Balaban J connectivity index is 1.51. The fourth-order valence-electron chi connectivity index (χ4n) is 4.44. The smallest absolute Gasteiger partial charge is 0.0783 e. The summed E-state index contributed by atoms with van der Waals surface area (Å²) < 4.78 is 6.14. The van der Waals surface area contributed by atoms with Crippen LogP contribution in [0.25, 0.3) is 0 Å². The van der Waals surface area contributed by atoms with Crippen molar-refractivity contribution < 1.29 is 4.74 Å². The van der Waals surface area contributed by atoms with Crippen LogP contribution in [0.3, 0.4) is 0 Å². The fraction of sp³-hybridized carbons (Fsp3) is 1.00. The van der Waals surface area contributed by atoms with Gasteiger partial charge >= 0.3 is 0 Å². The third-order valence-corrected chi connectivity index (χ3v) is 6.97. The molecule has 0 bridgehead atoms. The first-order valence-corrected chi connectivity index (χ1v) is 9.65. The normalized spacial score (nSPS) is 36.8. The number of nitrogens with one attached hydrogen (secondary N) is 1. The van der Waals surface area contributed by atoms with Crippen molar-refractivity contribution in [3.8, 4) is 0 Å². The van der Waals surface area contributed by atoms with Crippen LogP contribution in [0.2, 0.25) is 0 Å². The Morgan fingerprint density at radius 3 is 2.85 bits per heavy atom. The van der Waals surface area contributed by atoms with Gasteiger partial charge in [0.2, 0.25) is 0 Å². The first-order chi connectivity index (χ1) is 9.81. The summed E-state index contributed by atoms with van der Waals surface area (Å²) >= 11 is 2.06. The van der Waals surface area contributed by atoms with Gasteiger partial charge in [-0.3, -0.25) is 11.3 Å². The SMILES string of the molecule is NNC(CCC1CCCC1)C1CCOC2(CCSC2)C1. The highest BCUT2D eigenvalue weighted by Crippen LogP contribution is 2.42. The molecule has 1 spiro atoms. The molecule has 3 aliphatic rings. The number of nitrogens with two attached hydrogens (primary N) is 1. The molecule has 0 aromatic rings. The van der Waals surface area contributed by atoms with E-state index in [4.69, 9.17) is 10.6 Å². The minimum atomic E-state index is 0.191. The largest absolute Gasteiger partial charge is 0.374 e. The number of thioether (sulfide) groups is 1. The number of hydrogen-bond acceptors (Lipinski definition) is 4. The molecule has 0 aromatic heterocycles. The van der Waals surface area contributed by atoms with Crippen LogP contribution >= 0.6 is 11.8 Å². The third kappa shape index (κ3) is 3.52. The predicted octanol–water partition coefficient (Wildman–Crippen LogP) is 3.09. The van der Waals surface area contributed by atoms with Crippen LogP contribution in [-0.4, -0.2) is 29.8 Å². The first kappa shape index (κ1) is 15.1. The van der Waals surface area contributed by atoms with E-state index in [-0.39, 0.29) is 5.60 Å². The minimum absolute atomic E-state index is 0.191. The zero-order chi connectivity index (χ0) is 13.8. The van der Waals surface area contributed by atoms with Crippen molar-refractivity contribution in [2.75, 3.05) is 18.1 Å². The van der Waals surface area contributed by atoms with Crippen LogP contribution in [0.5, 0.6) is 0 Å². The summed E-state index contributed by atoms with van der Waals surface area (Å²) in [6.07, 6.45) is 12.1. The second-order valence-electron chi connectivity index (χ2n) is 7.09. The Hall–Kier alpha value is 0.230. The summed E-state index contributed by atoms with van der Waals surface area (Å²) in [6.45, 7) is 0.937. The molecular weight excluding hydrogens is 268 g/mol. The van der Waals surface area contributed by atoms with Gasteiger partial charge in [-0.05, 0) is 49.7 Å². The lowest BCUT2D eigenvalue weighted by Gasteiger charge is -2.41. The van der Waals surface area contributed by atoms with Gasteiger partial charge in [-0.2, -0.15) is 11.8 Å². The van der Waals surface area contributed by atoms with E-state index in [1.165, 1.54) is 69.3 Å². The number of rotatable bonds is 5. The summed E-state index contributed by atoms with van der Waals surface area (Å²) in [5, 5.41) is 0. The van der Waals surface area contributed by atoms with Crippen molar-refractivity contribution in [3.05, 3.63) is 0 Å². The van der Waals surface area contributed by atoms with Crippen LogP contribution in [0, 0.1) is 11.8 Å². The van der Waals surface area contributed by atoms with Crippen molar-refractivity contribution in [1.82, 2.24) is 5.43 Å². The average Bonchev–Trinajstić information content (AvgIpc) is 3.12. The number of hydrazine groups is 1. The van der Waals surface area contributed by atoms with E-state index in [1.54, 1.807) is 0 Å². The summed E-state index contributed by atoms with van der Waals surface area (Å²) in [7, 11) is 0. The standard InChI is InChI=1S/C16H30N2OS/c17-18-15(6-5-13-3-1-2-4-13)14-7-9-19-16(11-14)8-10-20-12-16/h13-15,18H,1-12,17H2. The molecule has 4 heteroatoms. The Labute approximate surface area is 127 Å². The maximum atomic E-state index is 6.14. The maximum absolute atomic E-state index is 6.14. The van der Waals surface area contributed by atoms with E-state index in [9.17, 15) is 0 Å². The molecule has 0 aromatic carbocycles. The summed E-state index contributed by atoms with van der Waals surface area (Å²) in [4.78, 5) is 0. The van der Waals surface area contributed by atoms with Gasteiger partial charge in [0.25, 0.3) is 0 Å². The van der Waals surface area contributed by atoms with Crippen LogP contribution < -0.4 is 11.3 Å². The maximum Gasteiger partial charge on any atom is 0.0783 e. The van der Waals surface area contributed by atoms with Crippen molar-refractivity contribution in [2.24, 2.45) is 17.7 Å². The lowest BCUT2D eigenvalue weighted by molar-refractivity contribution is -0.0857. The second kappa shape index (κ2) is 6.99. The van der Waals surface area contributed by atoms with Gasteiger partial charge in [0.05, 0.1) is 5.60 Å². The van der Waals surface area contributed by atoms with E-state index in [0.717, 1.165) is 12.5 Å². The third-order valence-electron chi connectivity index (χ3n) is 5.74. The molecule has 2 aliphatic heterocycles. The Bertz CT molecular complexity index is 301. The molecule has 116 valence electrons. The quantitative estimate of drug-likeness (QED) is 0.605. The lowest BCUT2D eigenvalue weighted by Crippen LogP contribution is -2.49. The molecular formula is C16H30N2OS. The second-order valence-corrected chi connectivity index (χ2v) is 8.19. The molecule has 1 aliphatic carbocycles. The van der Waals surface area contributed by atoms with E-state index in [2.05, 4.69) is 17.2 Å². The summed E-state index contributed by atoms with van der Waals surface area (Å²) in [5.41, 5.74) is 3.33. The van der Waals surface area contributed by atoms with Gasteiger partial charge < -0.3 is 4.74 Å². The molecule has 2 heterocycles. The fourth-order valence-corrected chi connectivity index (χ4v) is 5.82. The molecule has 1 saturated carbocycles. The molecule has 3 N–H and O–H groups in total. The Morgan fingerprint density at radius 2 is 2.15 bits per heavy atom. The predicted molar refractivity (Wildman–Crippen MR) is 85.7 cm³/mol. The van der Waals surface area contributed by atoms with Gasteiger partial charge in [-0.1, -0.05) is 25.7 Å². The molecule has 3 nitrogen and oxygen atoms in total. The van der Waals surface area contributed by atoms with Crippen LogP contribution in [0.1, 0.15) is 57.8 Å². The summed E-state index contributed by atoms with van der Waals surface area (Å²) in [6, 6.07) is 0.502. The lowest BCUT2D eigenvalue weighted by atomic mass is 9.79. The van der Waals surface area contributed by atoms with Crippen molar-refractivity contribution in [2.45, 2.75) is 69.4 Å². The zero-order valence-electron chi connectivity index (χ0n) is 12.6. The van der Waals surface area contributed by atoms with Gasteiger partial charge in [0.1, 0.15) is 0 Å². The monoisotopic (exact) mass is 298 g/mol.